The van der Waals surface area contributed by atoms with Gasteiger partial charge in [-0.15, -0.1) is 0 Å². The van der Waals surface area contributed by atoms with Gasteiger partial charge in [0, 0.05) is 23.6 Å². The van der Waals surface area contributed by atoms with E-state index in [2.05, 4.69) is 22.4 Å². The first-order valence-electron chi connectivity index (χ1n) is 6.24. The summed E-state index contributed by atoms with van der Waals surface area (Å²) >= 11 is 0. The van der Waals surface area contributed by atoms with Crippen LogP contribution in [0, 0.1) is 0 Å². The fourth-order valence-corrected chi connectivity index (χ4v) is 2.22. The van der Waals surface area contributed by atoms with Gasteiger partial charge in [0.15, 0.2) is 6.10 Å². The number of hydrogen-bond acceptors (Lipinski definition) is 2. The van der Waals surface area contributed by atoms with Gasteiger partial charge in [0.25, 0.3) is 5.91 Å². The van der Waals surface area contributed by atoms with Gasteiger partial charge < -0.3 is 15.0 Å². The Kier molecular flexibility index (Phi) is 2.80. The monoisotopic (exact) mass is 244 g/mol. The Balaban J connectivity index is 1.58. The average molecular weight is 244 g/mol. The van der Waals surface area contributed by atoms with E-state index in [1.807, 2.05) is 25.3 Å². The molecule has 4 nitrogen and oxygen atoms in total. The molecule has 1 amide bonds. The van der Waals surface area contributed by atoms with Crippen LogP contribution in [0.25, 0.3) is 10.9 Å². The number of amides is 1. The van der Waals surface area contributed by atoms with Gasteiger partial charge >= 0.3 is 0 Å². The summed E-state index contributed by atoms with van der Waals surface area (Å²) in [4.78, 5) is 14.8. The minimum Gasteiger partial charge on any atom is -0.361 e. The molecular weight excluding hydrogens is 228 g/mol. The van der Waals surface area contributed by atoms with Crippen LogP contribution in [0.5, 0.6) is 0 Å². The number of nitrogens with one attached hydrogen (secondary N) is 2. The summed E-state index contributed by atoms with van der Waals surface area (Å²) in [6, 6.07) is 8.18. The van der Waals surface area contributed by atoms with Crippen LogP contribution in [-0.2, 0) is 16.0 Å². The summed E-state index contributed by atoms with van der Waals surface area (Å²) in [5.74, 6) is 0.00217. The smallest absolute Gasteiger partial charge is 0.251 e. The van der Waals surface area contributed by atoms with Crippen LogP contribution in [0.3, 0.4) is 0 Å². The number of hydrogen-bond donors (Lipinski definition) is 2. The molecule has 1 aromatic heterocycles. The zero-order chi connectivity index (χ0) is 12.5. The molecule has 1 aromatic carbocycles. The second-order valence-corrected chi connectivity index (χ2v) is 4.66. The average Bonchev–Trinajstić information content (AvgIpc) is 2.98. The highest BCUT2D eigenvalue weighted by Crippen LogP contribution is 2.21. The third-order valence-corrected chi connectivity index (χ3v) is 3.34. The summed E-state index contributed by atoms with van der Waals surface area (Å²) in [6.45, 7) is 2.55. The summed E-state index contributed by atoms with van der Waals surface area (Å²) in [5.41, 5.74) is 2.37. The van der Waals surface area contributed by atoms with Gasteiger partial charge in [-0.05, 0) is 25.0 Å². The Bertz CT molecular complexity index is 576. The van der Waals surface area contributed by atoms with Crippen molar-refractivity contribution in [3.63, 3.8) is 0 Å². The summed E-state index contributed by atoms with van der Waals surface area (Å²) < 4.78 is 5.12. The lowest BCUT2D eigenvalue weighted by Gasteiger charge is -2.02. The van der Waals surface area contributed by atoms with Crippen LogP contribution < -0.4 is 5.32 Å². The molecule has 0 bridgehead atoms. The van der Waals surface area contributed by atoms with E-state index in [9.17, 15) is 4.79 Å². The number of carbonyl (C=O) groups is 1. The maximum Gasteiger partial charge on any atom is 0.251 e. The van der Waals surface area contributed by atoms with Crippen LogP contribution >= 0.6 is 0 Å². The molecule has 4 heteroatoms. The van der Waals surface area contributed by atoms with E-state index in [-0.39, 0.29) is 18.1 Å². The molecule has 2 N–H and O–H groups in total. The van der Waals surface area contributed by atoms with Crippen molar-refractivity contribution in [2.75, 3.05) is 6.54 Å². The Labute approximate surface area is 105 Å². The van der Waals surface area contributed by atoms with E-state index in [1.165, 1.54) is 10.9 Å². The minimum atomic E-state index is -0.229. The maximum atomic E-state index is 11.6. The molecule has 3 rings (SSSR count). The van der Waals surface area contributed by atoms with Crippen molar-refractivity contribution in [3.8, 4) is 0 Å². The molecule has 1 saturated heterocycles. The van der Waals surface area contributed by atoms with Crippen molar-refractivity contribution < 1.29 is 9.53 Å². The summed E-state index contributed by atoms with van der Waals surface area (Å²) in [7, 11) is 0. The highest BCUT2D eigenvalue weighted by molar-refractivity contribution is 5.84. The molecule has 1 aliphatic heterocycles. The van der Waals surface area contributed by atoms with E-state index in [0.717, 1.165) is 11.9 Å². The Morgan fingerprint density at radius 2 is 2.22 bits per heavy atom. The Hall–Kier alpha value is -1.81. The molecule has 0 radical (unpaired) electrons. The van der Waals surface area contributed by atoms with E-state index >= 15 is 0 Å². The first-order valence-corrected chi connectivity index (χ1v) is 6.24. The van der Waals surface area contributed by atoms with Crippen LogP contribution in [-0.4, -0.2) is 29.6 Å². The standard InChI is InChI=1S/C14H16N2O2/c1-9-13(18-9)14(17)15-7-6-10-8-16-12-5-3-2-4-11(10)12/h2-5,8-9,13,16H,6-7H2,1H3,(H,15,17). The number of epoxide rings is 1. The molecule has 2 unspecified atom stereocenters. The largest absolute Gasteiger partial charge is 0.361 e. The second kappa shape index (κ2) is 4.46. The normalized spacial score (nSPS) is 22.1. The molecule has 0 saturated carbocycles. The lowest BCUT2D eigenvalue weighted by atomic mass is 10.1. The topological polar surface area (TPSA) is 57.4 Å². The van der Waals surface area contributed by atoms with Gasteiger partial charge in [0.1, 0.15) is 0 Å². The van der Waals surface area contributed by atoms with Crippen molar-refractivity contribution in [2.24, 2.45) is 0 Å². The molecule has 2 heterocycles. The number of fused-ring (bicyclic) bond motifs is 1. The van der Waals surface area contributed by atoms with E-state index in [4.69, 9.17) is 4.74 Å². The first-order chi connectivity index (χ1) is 8.75. The van der Waals surface area contributed by atoms with Gasteiger partial charge in [-0.1, -0.05) is 18.2 Å². The Morgan fingerprint density at radius 3 is 3.00 bits per heavy atom. The number of para-hydroxylation sites is 1. The molecule has 0 spiro atoms. The fraction of sp³-hybridized carbons (Fsp3) is 0.357. The third kappa shape index (κ3) is 2.11. The van der Waals surface area contributed by atoms with E-state index < -0.39 is 0 Å². The van der Waals surface area contributed by atoms with E-state index in [1.54, 1.807) is 0 Å². The predicted octanol–water partition coefficient (Wildman–Crippen LogP) is 1.61. The number of benzene rings is 1. The maximum absolute atomic E-state index is 11.6. The number of aromatic amines is 1. The van der Waals surface area contributed by atoms with Crippen LogP contribution in [0.15, 0.2) is 30.5 Å². The summed E-state index contributed by atoms with van der Waals surface area (Å²) in [5, 5.41) is 4.12. The van der Waals surface area contributed by atoms with Crippen molar-refractivity contribution in [3.05, 3.63) is 36.0 Å². The number of H-pyrrole nitrogens is 1. The molecular formula is C14H16N2O2. The minimum absolute atomic E-state index is 0.00217. The van der Waals surface area contributed by atoms with Crippen molar-refractivity contribution in [1.29, 1.82) is 0 Å². The first kappa shape index (κ1) is 11.3. The number of ether oxygens (including phenoxy) is 1. The molecule has 1 fully saturated rings. The lowest BCUT2D eigenvalue weighted by molar-refractivity contribution is -0.122. The van der Waals surface area contributed by atoms with Gasteiger partial charge in [0.2, 0.25) is 0 Å². The van der Waals surface area contributed by atoms with Crippen molar-refractivity contribution >= 4 is 16.8 Å². The molecule has 94 valence electrons. The van der Waals surface area contributed by atoms with Crippen LogP contribution in [0.1, 0.15) is 12.5 Å². The molecule has 18 heavy (non-hydrogen) atoms. The lowest BCUT2D eigenvalue weighted by Crippen LogP contribution is -2.30. The van der Waals surface area contributed by atoms with Crippen molar-refractivity contribution in [2.45, 2.75) is 25.6 Å². The quantitative estimate of drug-likeness (QED) is 0.803. The highest BCUT2D eigenvalue weighted by Gasteiger charge is 2.40. The van der Waals surface area contributed by atoms with Gasteiger partial charge in [-0.25, -0.2) is 0 Å². The van der Waals surface area contributed by atoms with Crippen LogP contribution in [0.4, 0.5) is 0 Å². The molecule has 2 atom stereocenters. The number of aromatic nitrogens is 1. The van der Waals surface area contributed by atoms with Crippen LogP contribution in [0.2, 0.25) is 0 Å². The second-order valence-electron chi connectivity index (χ2n) is 4.66. The van der Waals surface area contributed by atoms with Gasteiger partial charge in [-0.3, -0.25) is 4.79 Å². The van der Waals surface area contributed by atoms with E-state index in [0.29, 0.717) is 6.54 Å². The zero-order valence-electron chi connectivity index (χ0n) is 10.3. The highest BCUT2D eigenvalue weighted by atomic mass is 16.6. The Morgan fingerprint density at radius 1 is 1.44 bits per heavy atom. The number of carbonyl (C=O) groups excluding carboxylic acids is 1. The van der Waals surface area contributed by atoms with Crippen molar-refractivity contribution in [1.82, 2.24) is 10.3 Å². The predicted molar refractivity (Wildman–Crippen MR) is 69.3 cm³/mol. The summed E-state index contributed by atoms with van der Waals surface area (Å²) in [6.07, 6.45) is 2.69. The molecule has 1 aliphatic rings. The van der Waals surface area contributed by atoms with Gasteiger partial charge in [0.05, 0.1) is 6.10 Å². The molecule has 2 aromatic rings. The number of rotatable bonds is 4. The fourth-order valence-electron chi connectivity index (χ4n) is 2.22. The molecule has 0 aliphatic carbocycles. The van der Waals surface area contributed by atoms with Gasteiger partial charge in [-0.2, -0.15) is 0 Å². The zero-order valence-corrected chi connectivity index (χ0v) is 10.3. The third-order valence-electron chi connectivity index (χ3n) is 3.34. The SMILES string of the molecule is CC1OC1C(=O)NCCc1c[nH]c2ccccc12.